The van der Waals surface area contributed by atoms with Crippen LogP contribution in [0.1, 0.15) is 49.4 Å². The Morgan fingerprint density at radius 2 is 1.88 bits per heavy atom. The van der Waals surface area contributed by atoms with E-state index in [0.29, 0.717) is 31.1 Å². The zero-order valence-corrected chi connectivity index (χ0v) is 19.4. The summed E-state index contributed by atoms with van der Waals surface area (Å²) in [4.78, 5) is 40.4. The first-order valence-electron chi connectivity index (χ1n) is 11.8. The average Bonchev–Trinajstić information content (AvgIpc) is 3.07. The van der Waals surface area contributed by atoms with Crippen molar-refractivity contribution >= 4 is 17.8 Å². The van der Waals surface area contributed by atoms with Crippen molar-refractivity contribution in [2.45, 2.75) is 44.7 Å². The summed E-state index contributed by atoms with van der Waals surface area (Å²) in [7, 11) is 0. The van der Waals surface area contributed by atoms with Crippen LogP contribution in [0.15, 0.2) is 42.5 Å². The normalized spacial score (nSPS) is 21.9. The number of ether oxygens (including phenoxy) is 2. The summed E-state index contributed by atoms with van der Waals surface area (Å²) in [5.74, 6) is 0.654. The molecule has 8 heteroatoms. The maximum Gasteiger partial charge on any atom is 0.325 e. The fourth-order valence-electron chi connectivity index (χ4n) is 5.21. The van der Waals surface area contributed by atoms with Crippen LogP contribution < -0.4 is 20.1 Å². The van der Waals surface area contributed by atoms with Gasteiger partial charge in [0.15, 0.2) is 11.5 Å². The number of hydrogen-bond donors (Lipinski definition) is 2. The molecular weight excluding hydrogens is 434 g/mol. The third-order valence-electron chi connectivity index (χ3n) is 6.86. The van der Waals surface area contributed by atoms with Crippen molar-refractivity contribution in [3.8, 4) is 11.5 Å². The van der Waals surface area contributed by atoms with Gasteiger partial charge >= 0.3 is 6.03 Å². The van der Waals surface area contributed by atoms with Crippen LogP contribution in [0.2, 0.25) is 0 Å². The lowest BCUT2D eigenvalue weighted by Crippen LogP contribution is -2.47. The number of benzene rings is 2. The molecule has 1 fully saturated rings. The Labute approximate surface area is 198 Å². The van der Waals surface area contributed by atoms with Crippen molar-refractivity contribution in [3.63, 3.8) is 0 Å². The van der Waals surface area contributed by atoms with Crippen LogP contribution in [0, 0.1) is 5.92 Å². The number of imide groups is 1. The lowest BCUT2D eigenvalue weighted by Gasteiger charge is -2.33. The molecule has 8 nitrogen and oxygen atoms in total. The summed E-state index contributed by atoms with van der Waals surface area (Å²) in [6, 6.07) is 12.5. The molecule has 0 saturated carbocycles. The smallest absolute Gasteiger partial charge is 0.325 e. The van der Waals surface area contributed by atoms with Crippen LogP contribution in [0.25, 0.3) is 0 Å². The average molecular weight is 464 g/mol. The van der Waals surface area contributed by atoms with Gasteiger partial charge in [-0.15, -0.1) is 0 Å². The summed E-state index contributed by atoms with van der Waals surface area (Å²) in [6.07, 6.45) is 2.19. The third kappa shape index (κ3) is 3.77. The molecule has 5 rings (SSSR count). The topological polar surface area (TPSA) is 97.0 Å². The summed E-state index contributed by atoms with van der Waals surface area (Å²) in [5.41, 5.74) is 1.69. The molecule has 2 aromatic rings. The van der Waals surface area contributed by atoms with Crippen molar-refractivity contribution in [3.05, 3.63) is 59.2 Å². The molecule has 0 unspecified atom stereocenters. The first-order chi connectivity index (χ1) is 16.4. The SMILES string of the molecule is CC(C)[C@@H](NC(=O)CN1C(=O)N[C@@]2(CCCc3ccccc32)C1=O)c1ccc2c(c1)OCCO2. The first-order valence-corrected chi connectivity index (χ1v) is 11.8. The Hall–Kier alpha value is -3.55. The van der Waals surface area contributed by atoms with Crippen molar-refractivity contribution in [1.29, 1.82) is 0 Å². The highest BCUT2D eigenvalue weighted by Gasteiger charge is 2.54. The van der Waals surface area contributed by atoms with E-state index in [1.54, 1.807) is 0 Å². The van der Waals surface area contributed by atoms with Gasteiger partial charge in [-0.1, -0.05) is 44.2 Å². The Morgan fingerprint density at radius 1 is 1.12 bits per heavy atom. The fraction of sp³-hybridized carbons (Fsp3) is 0.423. The van der Waals surface area contributed by atoms with Crippen LogP contribution in [-0.4, -0.2) is 42.5 Å². The second kappa shape index (κ2) is 8.66. The molecular formula is C26H29N3O5. The van der Waals surface area contributed by atoms with Gasteiger partial charge in [0.25, 0.3) is 5.91 Å². The molecule has 1 saturated heterocycles. The van der Waals surface area contributed by atoms with Crippen LogP contribution in [0.4, 0.5) is 4.79 Å². The van der Waals surface area contributed by atoms with Gasteiger partial charge in [0, 0.05) is 0 Å². The maximum atomic E-state index is 13.5. The quantitative estimate of drug-likeness (QED) is 0.665. The molecule has 2 aromatic carbocycles. The Kier molecular flexibility index (Phi) is 5.67. The molecule has 0 aromatic heterocycles. The van der Waals surface area contributed by atoms with E-state index in [0.717, 1.165) is 34.4 Å². The lowest BCUT2D eigenvalue weighted by molar-refractivity contribution is -0.136. The van der Waals surface area contributed by atoms with E-state index in [-0.39, 0.29) is 24.4 Å². The van der Waals surface area contributed by atoms with Gasteiger partial charge in [-0.25, -0.2) is 4.79 Å². The number of aryl methyl sites for hydroxylation is 1. The van der Waals surface area contributed by atoms with E-state index < -0.39 is 17.5 Å². The minimum atomic E-state index is -1.08. The molecule has 1 spiro atoms. The highest BCUT2D eigenvalue weighted by Crippen LogP contribution is 2.40. The summed E-state index contributed by atoms with van der Waals surface area (Å²) >= 11 is 0. The van der Waals surface area contributed by atoms with E-state index in [2.05, 4.69) is 10.6 Å². The molecule has 0 bridgehead atoms. The molecule has 1 aliphatic carbocycles. The summed E-state index contributed by atoms with van der Waals surface area (Å²) in [5, 5.41) is 5.91. The molecule has 3 aliphatic rings. The van der Waals surface area contributed by atoms with Crippen molar-refractivity contribution in [2.24, 2.45) is 5.92 Å². The number of hydrogen-bond acceptors (Lipinski definition) is 5. The summed E-state index contributed by atoms with van der Waals surface area (Å²) < 4.78 is 11.3. The van der Waals surface area contributed by atoms with Gasteiger partial charge in [0.2, 0.25) is 5.91 Å². The summed E-state index contributed by atoms with van der Waals surface area (Å²) in [6.45, 7) is 4.66. The van der Waals surface area contributed by atoms with Gasteiger partial charge in [-0.05, 0) is 54.0 Å². The number of fused-ring (bicyclic) bond motifs is 3. The maximum absolute atomic E-state index is 13.5. The van der Waals surface area contributed by atoms with Crippen LogP contribution in [0.5, 0.6) is 11.5 Å². The van der Waals surface area contributed by atoms with Gasteiger partial charge in [-0.3, -0.25) is 14.5 Å². The molecule has 2 atom stereocenters. The number of nitrogens with zero attached hydrogens (tertiary/aromatic N) is 1. The number of amides is 4. The molecule has 4 amide bonds. The lowest BCUT2D eigenvalue weighted by atomic mass is 9.76. The van der Waals surface area contributed by atoms with Gasteiger partial charge in [0.05, 0.1) is 6.04 Å². The predicted octanol–water partition coefficient (Wildman–Crippen LogP) is 3.05. The van der Waals surface area contributed by atoms with E-state index in [9.17, 15) is 14.4 Å². The van der Waals surface area contributed by atoms with E-state index in [1.807, 2.05) is 56.3 Å². The predicted molar refractivity (Wildman–Crippen MR) is 124 cm³/mol. The van der Waals surface area contributed by atoms with Crippen molar-refractivity contribution < 1.29 is 23.9 Å². The Morgan fingerprint density at radius 3 is 2.68 bits per heavy atom. The number of carbonyl (C=O) groups is 3. The zero-order chi connectivity index (χ0) is 23.9. The third-order valence-corrected chi connectivity index (χ3v) is 6.86. The first kappa shape index (κ1) is 22.3. The fourth-order valence-corrected chi connectivity index (χ4v) is 5.21. The molecule has 34 heavy (non-hydrogen) atoms. The molecule has 2 N–H and O–H groups in total. The van der Waals surface area contributed by atoms with E-state index in [4.69, 9.17) is 9.47 Å². The van der Waals surface area contributed by atoms with Gasteiger partial charge in [-0.2, -0.15) is 0 Å². The molecule has 2 aliphatic heterocycles. The largest absolute Gasteiger partial charge is 0.486 e. The number of carbonyl (C=O) groups excluding carboxylic acids is 3. The highest BCUT2D eigenvalue weighted by molar-refractivity contribution is 6.09. The Bertz CT molecular complexity index is 1150. The number of nitrogens with one attached hydrogen (secondary N) is 2. The monoisotopic (exact) mass is 463 g/mol. The van der Waals surface area contributed by atoms with Crippen LogP contribution in [-0.2, 0) is 21.5 Å². The highest BCUT2D eigenvalue weighted by atomic mass is 16.6. The Balaban J connectivity index is 1.33. The second-order valence-corrected chi connectivity index (χ2v) is 9.43. The minimum absolute atomic E-state index is 0.0752. The van der Waals surface area contributed by atoms with Crippen molar-refractivity contribution in [1.82, 2.24) is 15.5 Å². The molecule has 178 valence electrons. The number of urea groups is 1. The van der Waals surface area contributed by atoms with E-state index in [1.165, 1.54) is 0 Å². The van der Waals surface area contributed by atoms with Gasteiger partial charge < -0.3 is 20.1 Å². The van der Waals surface area contributed by atoms with Crippen LogP contribution >= 0.6 is 0 Å². The zero-order valence-electron chi connectivity index (χ0n) is 19.4. The van der Waals surface area contributed by atoms with Gasteiger partial charge in [0.1, 0.15) is 25.3 Å². The standard InChI is InChI=1S/C26H29N3O5/c1-16(2)23(18-9-10-20-21(14-18)34-13-12-33-20)27-22(30)15-29-24(31)26(28-25(29)32)11-5-7-17-6-3-4-8-19(17)26/h3-4,6,8-10,14,16,23H,5,7,11-13,15H2,1-2H3,(H,27,30)(H,28,32)/t23-,26-/m1/s1. The number of rotatable bonds is 5. The van der Waals surface area contributed by atoms with Crippen LogP contribution in [0.3, 0.4) is 0 Å². The van der Waals surface area contributed by atoms with E-state index >= 15 is 0 Å². The minimum Gasteiger partial charge on any atom is -0.486 e. The molecule has 2 heterocycles. The molecule has 0 radical (unpaired) electrons. The van der Waals surface area contributed by atoms with Crippen molar-refractivity contribution in [2.75, 3.05) is 19.8 Å². The second-order valence-electron chi connectivity index (χ2n) is 9.43.